The van der Waals surface area contributed by atoms with Crippen molar-refractivity contribution in [2.24, 2.45) is 0 Å². The van der Waals surface area contributed by atoms with Gasteiger partial charge in [0.25, 0.3) is 11.8 Å². The molecule has 3 aromatic carbocycles. The highest BCUT2D eigenvalue weighted by atomic mass is 19.3. The largest absolute Gasteiger partial charge is 0.415 e. The Morgan fingerprint density at radius 1 is 0.906 bits per heavy atom. The van der Waals surface area contributed by atoms with Gasteiger partial charge in [0.2, 0.25) is 5.89 Å². The number of carbonyl (C=O) groups excluding carboxylic acids is 1. The number of para-hydroxylation sites is 1. The van der Waals surface area contributed by atoms with Gasteiger partial charge < -0.3 is 9.32 Å². The second-order valence-corrected chi connectivity index (χ2v) is 7.15. The Hall–Kier alpha value is -4.01. The van der Waals surface area contributed by atoms with E-state index in [2.05, 4.69) is 10.2 Å². The maximum absolute atomic E-state index is 14.4. The molecular formula is C23H13F4N3O2. The number of fused-ring (bicyclic) bond motifs is 1. The van der Waals surface area contributed by atoms with Crippen LogP contribution in [0.5, 0.6) is 0 Å². The van der Waals surface area contributed by atoms with E-state index in [-0.39, 0.29) is 23.9 Å². The molecule has 1 aliphatic rings. The molecule has 4 aromatic rings. The van der Waals surface area contributed by atoms with Crippen molar-refractivity contribution in [3.05, 3.63) is 89.3 Å². The molecule has 9 heteroatoms. The molecule has 1 amide bonds. The molecule has 0 bridgehead atoms. The molecule has 0 fully saturated rings. The molecule has 1 aromatic heterocycles. The normalized spacial score (nSPS) is 13.2. The van der Waals surface area contributed by atoms with Gasteiger partial charge in [0.15, 0.2) is 0 Å². The summed E-state index contributed by atoms with van der Waals surface area (Å²) < 4.78 is 58.7. The van der Waals surface area contributed by atoms with Crippen LogP contribution in [0.25, 0.3) is 22.6 Å². The van der Waals surface area contributed by atoms with Crippen LogP contribution in [0.4, 0.5) is 23.2 Å². The van der Waals surface area contributed by atoms with Crippen LogP contribution in [-0.2, 0) is 6.54 Å². The fourth-order valence-electron chi connectivity index (χ4n) is 3.71. The van der Waals surface area contributed by atoms with Crippen LogP contribution in [0.15, 0.2) is 65.1 Å². The second kappa shape index (κ2) is 7.60. The third kappa shape index (κ3) is 3.31. The predicted molar refractivity (Wildman–Crippen MR) is 107 cm³/mol. The van der Waals surface area contributed by atoms with Crippen molar-refractivity contribution in [2.45, 2.75) is 13.0 Å². The first-order valence-corrected chi connectivity index (χ1v) is 9.53. The van der Waals surface area contributed by atoms with E-state index in [4.69, 9.17) is 4.42 Å². The van der Waals surface area contributed by atoms with E-state index in [1.807, 2.05) is 0 Å². The van der Waals surface area contributed by atoms with Gasteiger partial charge >= 0.3 is 6.43 Å². The Bertz CT molecular complexity index is 1350. The number of anilines is 1. The topological polar surface area (TPSA) is 59.2 Å². The van der Waals surface area contributed by atoms with Gasteiger partial charge in [-0.25, -0.2) is 8.78 Å². The highest BCUT2D eigenvalue weighted by Gasteiger charge is 2.31. The van der Waals surface area contributed by atoms with E-state index in [9.17, 15) is 22.4 Å². The van der Waals surface area contributed by atoms with Crippen LogP contribution in [0.2, 0.25) is 0 Å². The summed E-state index contributed by atoms with van der Waals surface area (Å²) in [6, 6.07) is 14.5. The lowest BCUT2D eigenvalue weighted by molar-refractivity contribution is 0.0996. The monoisotopic (exact) mass is 439 g/mol. The number of rotatable bonds is 4. The molecule has 0 aliphatic carbocycles. The predicted octanol–water partition coefficient (Wildman–Crippen LogP) is 5.78. The standard InChI is InChI=1S/C23H13F4N3O2/c24-14-7-8-18(25)17(10-14)15-3-1-2-4-19(15)30-11-13-6-5-12(9-16(13)23(30)31)21-28-29-22(32-21)20(26)27/h1-10,20H,11H2. The third-order valence-electron chi connectivity index (χ3n) is 5.20. The number of aromatic nitrogens is 2. The van der Waals surface area contributed by atoms with Crippen LogP contribution in [0, 0.1) is 11.6 Å². The van der Waals surface area contributed by atoms with Crippen molar-refractivity contribution in [1.29, 1.82) is 0 Å². The molecule has 0 unspecified atom stereocenters. The van der Waals surface area contributed by atoms with Gasteiger partial charge in [-0.3, -0.25) is 4.79 Å². The quantitative estimate of drug-likeness (QED) is 0.378. The number of benzene rings is 3. The van der Waals surface area contributed by atoms with Crippen molar-refractivity contribution in [1.82, 2.24) is 10.2 Å². The molecular weight excluding hydrogens is 426 g/mol. The summed E-state index contributed by atoms with van der Waals surface area (Å²) in [6.07, 6.45) is -2.90. The molecule has 0 spiro atoms. The lowest BCUT2D eigenvalue weighted by atomic mass is 10.0. The molecule has 5 nitrogen and oxygen atoms in total. The summed E-state index contributed by atoms with van der Waals surface area (Å²) in [5.41, 5.74) is 2.15. The van der Waals surface area contributed by atoms with Crippen molar-refractivity contribution < 1.29 is 26.8 Å². The van der Waals surface area contributed by atoms with E-state index in [1.165, 1.54) is 11.0 Å². The summed E-state index contributed by atoms with van der Waals surface area (Å²) in [5.74, 6) is -2.52. The number of hydrogen-bond donors (Lipinski definition) is 0. The fourth-order valence-corrected chi connectivity index (χ4v) is 3.71. The van der Waals surface area contributed by atoms with Crippen LogP contribution < -0.4 is 4.90 Å². The maximum atomic E-state index is 14.4. The van der Waals surface area contributed by atoms with Gasteiger partial charge in [0.05, 0.1) is 12.2 Å². The second-order valence-electron chi connectivity index (χ2n) is 7.15. The van der Waals surface area contributed by atoms with Gasteiger partial charge in [0, 0.05) is 22.3 Å². The van der Waals surface area contributed by atoms with E-state index in [0.717, 1.165) is 18.2 Å². The summed E-state index contributed by atoms with van der Waals surface area (Å²) in [4.78, 5) is 14.7. The molecule has 2 heterocycles. The molecule has 0 N–H and O–H groups in total. The van der Waals surface area contributed by atoms with E-state index in [0.29, 0.717) is 27.9 Å². The first-order chi connectivity index (χ1) is 15.4. The highest BCUT2D eigenvalue weighted by molar-refractivity contribution is 6.12. The van der Waals surface area contributed by atoms with Crippen LogP contribution in [0.1, 0.15) is 28.2 Å². The molecule has 0 saturated heterocycles. The molecule has 1 aliphatic heterocycles. The number of alkyl halides is 2. The number of carbonyl (C=O) groups is 1. The van der Waals surface area contributed by atoms with Gasteiger partial charge in [-0.15, -0.1) is 10.2 Å². The zero-order chi connectivity index (χ0) is 22.4. The van der Waals surface area contributed by atoms with E-state index < -0.39 is 24.0 Å². The van der Waals surface area contributed by atoms with Crippen molar-refractivity contribution in [2.75, 3.05) is 4.90 Å². The molecule has 0 atom stereocenters. The Morgan fingerprint density at radius 2 is 1.72 bits per heavy atom. The molecule has 160 valence electrons. The first-order valence-electron chi connectivity index (χ1n) is 9.53. The summed E-state index contributed by atoms with van der Waals surface area (Å²) >= 11 is 0. The maximum Gasteiger partial charge on any atom is 0.314 e. The smallest absolute Gasteiger partial charge is 0.314 e. The van der Waals surface area contributed by atoms with Gasteiger partial charge in [0.1, 0.15) is 11.6 Å². The summed E-state index contributed by atoms with van der Waals surface area (Å²) in [7, 11) is 0. The Labute approximate surface area is 178 Å². The average Bonchev–Trinajstić information content (AvgIpc) is 3.41. The highest BCUT2D eigenvalue weighted by Crippen LogP contribution is 2.38. The number of nitrogens with zero attached hydrogens (tertiary/aromatic N) is 3. The van der Waals surface area contributed by atoms with Crippen LogP contribution in [-0.4, -0.2) is 16.1 Å². The average molecular weight is 439 g/mol. The van der Waals surface area contributed by atoms with Crippen molar-refractivity contribution in [3.63, 3.8) is 0 Å². The number of amides is 1. The van der Waals surface area contributed by atoms with Crippen LogP contribution >= 0.6 is 0 Å². The first kappa shape index (κ1) is 19.9. The van der Waals surface area contributed by atoms with Gasteiger partial charge in [-0.1, -0.05) is 24.3 Å². The SMILES string of the molecule is O=C1c2cc(-c3nnc(C(F)F)o3)ccc2CN1c1ccccc1-c1cc(F)ccc1F. The van der Waals surface area contributed by atoms with Gasteiger partial charge in [-0.05, 0) is 42.0 Å². The lowest BCUT2D eigenvalue weighted by Crippen LogP contribution is -2.23. The molecule has 32 heavy (non-hydrogen) atoms. The minimum absolute atomic E-state index is 0.0374. The Kier molecular flexibility index (Phi) is 4.73. The molecule has 5 rings (SSSR count). The minimum atomic E-state index is -2.90. The zero-order valence-corrected chi connectivity index (χ0v) is 16.2. The van der Waals surface area contributed by atoms with Crippen LogP contribution in [0.3, 0.4) is 0 Å². The lowest BCUT2D eigenvalue weighted by Gasteiger charge is -2.20. The van der Waals surface area contributed by atoms with Gasteiger partial charge in [-0.2, -0.15) is 8.78 Å². The summed E-state index contributed by atoms with van der Waals surface area (Å²) in [5, 5.41) is 6.91. The molecule has 0 radical (unpaired) electrons. The van der Waals surface area contributed by atoms with Crippen molar-refractivity contribution >= 4 is 11.6 Å². The minimum Gasteiger partial charge on any atom is -0.415 e. The van der Waals surface area contributed by atoms with E-state index >= 15 is 0 Å². The van der Waals surface area contributed by atoms with Crippen molar-refractivity contribution in [3.8, 4) is 22.6 Å². The number of hydrogen-bond acceptors (Lipinski definition) is 4. The Balaban J connectivity index is 1.53. The molecule has 0 saturated carbocycles. The number of halogens is 4. The fraction of sp³-hybridized carbons (Fsp3) is 0.0870. The summed E-state index contributed by atoms with van der Waals surface area (Å²) in [6.45, 7) is 0.203. The van der Waals surface area contributed by atoms with E-state index in [1.54, 1.807) is 36.4 Å². The Morgan fingerprint density at radius 3 is 2.50 bits per heavy atom. The zero-order valence-electron chi connectivity index (χ0n) is 16.2. The third-order valence-corrected chi connectivity index (χ3v) is 5.20.